The molecule has 166 valence electrons. The largest absolute Gasteiger partial charge is 0.462 e. The SMILES string of the molecule is CC(C)Cc1coc2cc(-c3cc(-c4cc(C(C)(C)C)c5ccccc5c4)ncn3)cnc12. The van der Waals surface area contributed by atoms with E-state index in [1.54, 1.807) is 6.33 Å². The zero-order valence-electron chi connectivity index (χ0n) is 19.9. The van der Waals surface area contributed by atoms with Gasteiger partial charge >= 0.3 is 0 Å². The molecule has 0 amide bonds. The molecule has 5 aromatic rings. The normalized spacial score (nSPS) is 12.2. The smallest absolute Gasteiger partial charge is 0.153 e. The minimum absolute atomic E-state index is 0.0212. The van der Waals surface area contributed by atoms with Crippen LogP contribution in [0.3, 0.4) is 0 Å². The first-order valence-corrected chi connectivity index (χ1v) is 11.5. The zero-order chi connectivity index (χ0) is 23.2. The summed E-state index contributed by atoms with van der Waals surface area (Å²) in [5, 5.41) is 2.50. The second-order valence-electron chi connectivity index (χ2n) is 10.2. The highest BCUT2D eigenvalue weighted by Crippen LogP contribution is 2.35. The summed E-state index contributed by atoms with van der Waals surface area (Å²) >= 11 is 0. The Bertz CT molecular complexity index is 1460. The van der Waals surface area contributed by atoms with E-state index in [1.165, 1.54) is 16.3 Å². The van der Waals surface area contributed by atoms with E-state index in [-0.39, 0.29) is 5.41 Å². The molecule has 0 saturated carbocycles. The van der Waals surface area contributed by atoms with Gasteiger partial charge in [-0.3, -0.25) is 4.98 Å². The predicted octanol–water partition coefficient (Wildman–Crippen LogP) is 7.60. The number of aromatic nitrogens is 3. The molecule has 5 rings (SSSR count). The standard InChI is InChI=1S/C29H29N3O/c1-18(2)10-22-16-33-27-13-21(15-30-28(22)27)26-14-25(31-17-32-26)20-11-19-8-6-7-9-23(19)24(12-20)29(3,4)5/h6-9,11-18H,10H2,1-5H3. The Balaban J connectivity index is 1.58. The van der Waals surface area contributed by atoms with Gasteiger partial charge < -0.3 is 4.42 Å². The lowest BCUT2D eigenvalue weighted by Crippen LogP contribution is -2.12. The summed E-state index contributed by atoms with van der Waals surface area (Å²) in [6, 6.07) is 17.1. The molecular formula is C29H29N3O. The van der Waals surface area contributed by atoms with Crippen molar-refractivity contribution in [2.75, 3.05) is 0 Å². The lowest BCUT2D eigenvalue weighted by molar-refractivity contribution is 0.594. The quantitative estimate of drug-likeness (QED) is 0.292. The molecule has 33 heavy (non-hydrogen) atoms. The van der Waals surface area contributed by atoms with Gasteiger partial charge in [0.2, 0.25) is 0 Å². The highest BCUT2D eigenvalue weighted by Gasteiger charge is 2.19. The van der Waals surface area contributed by atoms with E-state index < -0.39 is 0 Å². The van der Waals surface area contributed by atoms with Gasteiger partial charge in [0.05, 0.1) is 17.7 Å². The van der Waals surface area contributed by atoms with Crippen LogP contribution < -0.4 is 0 Å². The van der Waals surface area contributed by atoms with Crippen LogP contribution in [0.25, 0.3) is 44.4 Å². The first-order chi connectivity index (χ1) is 15.8. The van der Waals surface area contributed by atoms with Crippen LogP contribution in [-0.2, 0) is 11.8 Å². The molecule has 3 heterocycles. The lowest BCUT2D eigenvalue weighted by Gasteiger charge is -2.22. The molecule has 0 saturated heterocycles. The number of pyridine rings is 1. The van der Waals surface area contributed by atoms with Gasteiger partial charge in [-0.05, 0) is 58.4 Å². The highest BCUT2D eigenvalue weighted by molar-refractivity contribution is 5.91. The highest BCUT2D eigenvalue weighted by atomic mass is 16.3. The zero-order valence-corrected chi connectivity index (χ0v) is 19.9. The van der Waals surface area contributed by atoms with Gasteiger partial charge in [-0.1, -0.05) is 58.9 Å². The molecule has 0 unspecified atom stereocenters. The maximum Gasteiger partial charge on any atom is 0.153 e. The average Bonchev–Trinajstić information content (AvgIpc) is 3.19. The Morgan fingerprint density at radius 3 is 2.39 bits per heavy atom. The molecule has 2 aromatic carbocycles. The molecular weight excluding hydrogens is 406 g/mol. The fourth-order valence-corrected chi connectivity index (χ4v) is 4.44. The van der Waals surface area contributed by atoms with Crippen molar-refractivity contribution in [1.29, 1.82) is 0 Å². The van der Waals surface area contributed by atoms with Gasteiger partial charge in [0.15, 0.2) is 5.58 Å². The topological polar surface area (TPSA) is 51.8 Å². The lowest BCUT2D eigenvalue weighted by atomic mass is 9.82. The second kappa shape index (κ2) is 8.11. The number of hydrogen-bond acceptors (Lipinski definition) is 4. The van der Waals surface area contributed by atoms with E-state index in [0.29, 0.717) is 5.92 Å². The Labute approximate surface area is 194 Å². The Hall–Kier alpha value is -3.53. The number of furan rings is 1. The van der Waals surface area contributed by atoms with E-state index in [9.17, 15) is 0 Å². The fourth-order valence-electron chi connectivity index (χ4n) is 4.44. The van der Waals surface area contributed by atoms with Gasteiger partial charge in [0.25, 0.3) is 0 Å². The van der Waals surface area contributed by atoms with Crippen molar-refractivity contribution in [2.24, 2.45) is 5.92 Å². The van der Waals surface area contributed by atoms with Crippen molar-refractivity contribution < 1.29 is 4.42 Å². The molecule has 3 aromatic heterocycles. The van der Waals surface area contributed by atoms with E-state index >= 15 is 0 Å². The van der Waals surface area contributed by atoms with E-state index in [2.05, 4.69) is 81.0 Å². The molecule has 0 radical (unpaired) electrons. The molecule has 0 atom stereocenters. The van der Waals surface area contributed by atoms with Crippen molar-refractivity contribution in [2.45, 2.75) is 46.5 Å². The van der Waals surface area contributed by atoms with Crippen molar-refractivity contribution >= 4 is 21.9 Å². The van der Waals surface area contributed by atoms with Crippen molar-refractivity contribution in [3.8, 4) is 22.5 Å². The summed E-state index contributed by atoms with van der Waals surface area (Å²) < 4.78 is 5.82. The molecule has 4 nitrogen and oxygen atoms in total. The molecule has 0 bridgehead atoms. The molecule has 0 aliphatic rings. The first-order valence-electron chi connectivity index (χ1n) is 11.5. The molecule has 0 spiro atoms. The monoisotopic (exact) mass is 435 g/mol. The summed E-state index contributed by atoms with van der Waals surface area (Å²) in [4.78, 5) is 13.9. The van der Waals surface area contributed by atoms with Crippen LogP contribution in [0.2, 0.25) is 0 Å². The Morgan fingerprint density at radius 2 is 1.64 bits per heavy atom. The van der Waals surface area contributed by atoms with Crippen LogP contribution in [0, 0.1) is 5.92 Å². The van der Waals surface area contributed by atoms with Crippen molar-refractivity contribution in [3.05, 3.63) is 78.4 Å². The van der Waals surface area contributed by atoms with Crippen LogP contribution in [0.4, 0.5) is 0 Å². The fraction of sp³-hybridized carbons (Fsp3) is 0.276. The van der Waals surface area contributed by atoms with Crippen LogP contribution in [0.15, 0.2) is 71.7 Å². The van der Waals surface area contributed by atoms with E-state index in [0.717, 1.165) is 45.6 Å². The number of rotatable bonds is 4. The molecule has 4 heteroatoms. The maximum absolute atomic E-state index is 5.82. The number of nitrogens with zero attached hydrogens (tertiary/aromatic N) is 3. The third kappa shape index (κ3) is 4.13. The summed E-state index contributed by atoms with van der Waals surface area (Å²) in [5.41, 5.74) is 7.97. The third-order valence-corrected chi connectivity index (χ3v) is 6.04. The summed E-state index contributed by atoms with van der Waals surface area (Å²) in [6.45, 7) is 11.2. The predicted molar refractivity (Wildman–Crippen MR) is 135 cm³/mol. The molecule has 0 N–H and O–H groups in total. The maximum atomic E-state index is 5.82. The molecule has 0 aliphatic heterocycles. The van der Waals surface area contributed by atoms with Crippen molar-refractivity contribution in [3.63, 3.8) is 0 Å². The van der Waals surface area contributed by atoms with Crippen LogP contribution in [0.5, 0.6) is 0 Å². The van der Waals surface area contributed by atoms with E-state index in [4.69, 9.17) is 9.40 Å². The molecule has 0 fully saturated rings. The third-order valence-electron chi connectivity index (χ3n) is 6.04. The van der Waals surface area contributed by atoms with Gasteiger partial charge in [-0.2, -0.15) is 0 Å². The number of fused-ring (bicyclic) bond motifs is 2. The average molecular weight is 436 g/mol. The van der Waals surface area contributed by atoms with Crippen LogP contribution in [-0.4, -0.2) is 15.0 Å². The Morgan fingerprint density at radius 1 is 0.879 bits per heavy atom. The minimum atomic E-state index is 0.0212. The van der Waals surface area contributed by atoms with E-state index in [1.807, 2.05) is 24.6 Å². The van der Waals surface area contributed by atoms with Crippen LogP contribution >= 0.6 is 0 Å². The van der Waals surface area contributed by atoms with Crippen LogP contribution in [0.1, 0.15) is 45.7 Å². The number of benzene rings is 2. The second-order valence-corrected chi connectivity index (χ2v) is 10.2. The molecule has 0 aliphatic carbocycles. The van der Waals surface area contributed by atoms with Gasteiger partial charge in [0.1, 0.15) is 11.8 Å². The van der Waals surface area contributed by atoms with Gasteiger partial charge in [-0.25, -0.2) is 9.97 Å². The minimum Gasteiger partial charge on any atom is -0.462 e. The van der Waals surface area contributed by atoms with Gasteiger partial charge in [-0.15, -0.1) is 0 Å². The Kier molecular flexibility index (Phi) is 5.24. The summed E-state index contributed by atoms with van der Waals surface area (Å²) in [6.07, 6.45) is 6.30. The first kappa shape index (κ1) is 21.3. The van der Waals surface area contributed by atoms with Gasteiger partial charge in [0, 0.05) is 22.9 Å². The summed E-state index contributed by atoms with van der Waals surface area (Å²) in [7, 11) is 0. The summed E-state index contributed by atoms with van der Waals surface area (Å²) in [5.74, 6) is 0.552. The van der Waals surface area contributed by atoms with Crippen molar-refractivity contribution in [1.82, 2.24) is 15.0 Å². The number of hydrogen-bond donors (Lipinski definition) is 0.